The smallest absolute Gasteiger partial charge is 0.252 e. The molecule has 8 heteroatoms. The van der Waals surface area contributed by atoms with E-state index in [0.717, 1.165) is 37.4 Å². The highest BCUT2D eigenvalue weighted by molar-refractivity contribution is 5.39. The Morgan fingerprint density at radius 1 is 1.33 bits per heavy atom. The number of aromatic nitrogens is 4. The Bertz CT molecular complexity index is 739. The van der Waals surface area contributed by atoms with E-state index in [4.69, 9.17) is 4.74 Å². The molecule has 0 spiro atoms. The molecule has 0 unspecified atom stereocenters. The SMILES string of the molecule is CCOc1cc(NC2CCN(c3nc(C)cc(=O)[nH]3)CC2)ncn1. The number of hydrogen-bond donors (Lipinski definition) is 2. The predicted octanol–water partition coefficient (Wildman–Crippen LogP) is 1.35. The van der Waals surface area contributed by atoms with Crippen molar-refractivity contribution >= 4 is 11.8 Å². The number of anilines is 2. The Balaban J connectivity index is 1.59. The summed E-state index contributed by atoms with van der Waals surface area (Å²) in [6.45, 7) is 5.99. The molecule has 0 aromatic carbocycles. The molecule has 0 atom stereocenters. The average Bonchev–Trinajstić information content (AvgIpc) is 2.55. The number of rotatable bonds is 5. The summed E-state index contributed by atoms with van der Waals surface area (Å²) in [6, 6.07) is 3.64. The molecule has 1 fully saturated rings. The monoisotopic (exact) mass is 330 g/mol. The summed E-state index contributed by atoms with van der Waals surface area (Å²) in [4.78, 5) is 29.2. The molecule has 8 nitrogen and oxygen atoms in total. The fourth-order valence-electron chi connectivity index (χ4n) is 2.80. The van der Waals surface area contributed by atoms with E-state index in [9.17, 15) is 4.79 Å². The first-order valence-electron chi connectivity index (χ1n) is 8.18. The molecule has 128 valence electrons. The number of ether oxygens (including phenoxy) is 1. The molecule has 24 heavy (non-hydrogen) atoms. The van der Waals surface area contributed by atoms with Crippen molar-refractivity contribution in [3.05, 3.63) is 34.5 Å². The number of aromatic amines is 1. The average molecular weight is 330 g/mol. The van der Waals surface area contributed by atoms with Crippen LogP contribution in [0.1, 0.15) is 25.5 Å². The Morgan fingerprint density at radius 2 is 2.12 bits per heavy atom. The number of hydrogen-bond acceptors (Lipinski definition) is 7. The van der Waals surface area contributed by atoms with Gasteiger partial charge in [-0.25, -0.2) is 15.0 Å². The summed E-state index contributed by atoms with van der Waals surface area (Å²) in [5.41, 5.74) is 0.626. The van der Waals surface area contributed by atoms with Gasteiger partial charge in [0, 0.05) is 37.0 Å². The topological polar surface area (TPSA) is 96.0 Å². The molecule has 2 aromatic heterocycles. The van der Waals surface area contributed by atoms with E-state index in [1.54, 1.807) is 0 Å². The first kappa shape index (κ1) is 16.2. The van der Waals surface area contributed by atoms with Crippen LogP contribution in [0.2, 0.25) is 0 Å². The van der Waals surface area contributed by atoms with Crippen molar-refractivity contribution in [1.82, 2.24) is 19.9 Å². The van der Waals surface area contributed by atoms with Gasteiger partial charge in [-0.05, 0) is 26.7 Å². The highest BCUT2D eigenvalue weighted by Gasteiger charge is 2.21. The van der Waals surface area contributed by atoms with Crippen LogP contribution in [-0.4, -0.2) is 45.7 Å². The highest BCUT2D eigenvalue weighted by Crippen LogP contribution is 2.19. The van der Waals surface area contributed by atoms with Gasteiger partial charge in [0.1, 0.15) is 12.1 Å². The van der Waals surface area contributed by atoms with E-state index in [1.807, 2.05) is 19.9 Å². The van der Waals surface area contributed by atoms with E-state index >= 15 is 0 Å². The predicted molar refractivity (Wildman–Crippen MR) is 91.7 cm³/mol. The first-order chi connectivity index (χ1) is 11.6. The van der Waals surface area contributed by atoms with Crippen LogP contribution in [0.3, 0.4) is 0 Å². The van der Waals surface area contributed by atoms with Crippen molar-refractivity contribution in [1.29, 1.82) is 0 Å². The van der Waals surface area contributed by atoms with Gasteiger partial charge < -0.3 is 15.0 Å². The van der Waals surface area contributed by atoms with Gasteiger partial charge in [-0.2, -0.15) is 0 Å². The maximum atomic E-state index is 11.6. The number of piperidine rings is 1. The Hall–Kier alpha value is -2.64. The molecule has 0 radical (unpaired) electrons. The lowest BCUT2D eigenvalue weighted by Crippen LogP contribution is -2.40. The molecule has 2 aromatic rings. The maximum absolute atomic E-state index is 11.6. The second-order valence-corrected chi connectivity index (χ2v) is 5.79. The van der Waals surface area contributed by atoms with Crippen LogP contribution < -0.4 is 20.5 Å². The van der Waals surface area contributed by atoms with E-state index < -0.39 is 0 Å². The van der Waals surface area contributed by atoms with Crippen molar-refractivity contribution in [2.24, 2.45) is 0 Å². The Morgan fingerprint density at radius 3 is 2.83 bits per heavy atom. The molecular formula is C16H22N6O2. The van der Waals surface area contributed by atoms with E-state index in [0.29, 0.717) is 24.5 Å². The normalized spacial score (nSPS) is 15.3. The number of nitrogens with zero attached hydrogens (tertiary/aromatic N) is 4. The highest BCUT2D eigenvalue weighted by atomic mass is 16.5. The standard InChI is InChI=1S/C16H22N6O2/c1-3-24-15-9-13(17-10-18-15)20-12-4-6-22(7-5-12)16-19-11(2)8-14(23)21-16/h8-10,12H,3-7H2,1-2H3,(H,17,18,20)(H,19,21,23). The van der Waals surface area contributed by atoms with E-state index in [1.165, 1.54) is 12.4 Å². The summed E-state index contributed by atoms with van der Waals surface area (Å²) < 4.78 is 5.39. The second kappa shape index (κ2) is 7.29. The molecule has 0 saturated carbocycles. The molecule has 1 aliphatic heterocycles. The van der Waals surface area contributed by atoms with Gasteiger partial charge in [-0.3, -0.25) is 9.78 Å². The van der Waals surface area contributed by atoms with Crippen LogP contribution in [0.25, 0.3) is 0 Å². The molecule has 0 bridgehead atoms. The van der Waals surface area contributed by atoms with Crippen molar-refractivity contribution in [3.63, 3.8) is 0 Å². The fraction of sp³-hybridized carbons (Fsp3) is 0.500. The van der Waals surface area contributed by atoms with Gasteiger partial charge >= 0.3 is 0 Å². The van der Waals surface area contributed by atoms with Crippen LogP contribution in [0.4, 0.5) is 11.8 Å². The zero-order chi connectivity index (χ0) is 16.9. The molecular weight excluding hydrogens is 308 g/mol. The van der Waals surface area contributed by atoms with Crippen molar-refractivity contribution in [2.45, 2.75) is 32.7 Å². The maximum Gasteiger partial charge on any atom is 0.252 e. The minimum absolute atomic E-state index is 0.109. The number of aryl methyl sites for hydroxylation is 1. The lowest BCUT2D eigenvalue weighted by atomic mass is 10.1. The molecule has 2 N–H and O–H groups in total. The summed E-state index contributed by atoms with van der Waals surface area (Å²) in [7, 11) is 0. The summed E-state index contributed by atoms with van der Waals surface area (Å²) in [5.74, 6) is 2.00. The minimum atomic E-state index is -0.109. The zero-order valence-electron chi connectivity index (χ0n) is 14.0. The van der Waals surface area contributed by atoms with Crippen molar-refractivity contribution in [3.8, 4) is 5.88 Å². The first-order valence-corrected chi connectivity index (χ1v) is 8.18. The van der Waals surface area contributed by atoms with Crippen LogP contribution >= 0.6 is 0 Å². The lowest BCUT2D eigenvalue weighted by molar-refractivity contribution is 0.326. The van der Waals surface area contributed by atoms with Crippen molar-refractivity contribution in [2.75, 3.05) is 29.9 Å². The molecule has 1 saturated heterocycles. The third kappa shape index (κ3) is 4.01. The zero-order valence-corrected chi connectivity index (χ0v) is 14.0. The van der Waals surface area contributed by atoms with Crippen LogP contribution in [-0.2, 0) is 0 Å². The Kier molecular flexibility index (Phi) is 4.93. The van der Waals surface area contributed by atoms with Gasteiger partial charge in [-0.15, -0.1) is 0 Å². The third-order valence-corrected chi connectivity index (χ3v) is 3.94. The molecule has 0 amide bonds. The quantitative estimate of drug-likeness (QED) is 0.854. The van der Waals surface area contributed by atoms with E-state index in [2.05, 4.69) is 30.2 Å². The van der Waals surface area contributed by atoms with Gasteiger partial charge in [0.15, 0.2) is 0 Å². The number of H-pyrrole nitrogens is 1. The van der Waals surface area contributed by atoms with Gasteiger partial charge in [0.2, 0.25) is 11.8 Å². The summed E-state index contributed by atoms with van der Waals surface area (Å²) in [6.07, 6.45) is 3.38. The third-order valence-electron chi connectivity index (χ3n) is 3.94. The largest absolute Gasteiger partial charge is 0.478 e. The van der Waals surface area contributed by atoms with Crippen LogP contribution in [0, 0.1) is 6.92 Å². The van der Waals surface area contributed by atoms with Gasteiger partial charge in [-0.1, -0.05) is 0 Å². The fourth-order valence-corrected chi connectivity index (χ4v) is 2.80. The summed E-state index contributed by atoms with van der Waals surface area (Å²) in [5, 5.41) is 3.42. The molecule has 3 rings (SSSR count). The van der Waals surface area contributed by atoms with Gasteiger partial charge in [0.05, 0.1) is 6.61 Å². The lowest BCUT2D eigenvalue weighted by Gasteiger charge is -2.32. The van der Waals surface area contributed by atoms with Crippen LogP contribution in [0.5, 0.6) is 5.88 Å². The number of nitrogens with one attached hydrogen (secondary N) is 2. The molecule has 1 aliphatic rings. The van der Waals surface area contributed by atoms with E-state index in [-0.39, 0.29) is 5.56 Å². The molecule has 3 heterocycles. The van der Waals surface area contributed by atoms with Gasteiger partial charge in [0.25, 0.3) is 5.56 Å². The molecule has 0 aliphatic carbocycles. The summed E-state index contributed by atoms with van der Waals surface area (Å²) >= 11 is 0. The van der Waals surface area contributed by atoms with Crippen LogP contribution in [0.15, 0.2) is 23.3 Å². The second-order valence-electron chi connectivity index (χ2n) is 5.79. The van der Waals surface area contributed by atoms with Crippen molar-refractivity contribution < 1.29 is 4.74 Å². The Labute approximate surface area is 140 Å². The minimum Gasteiger partial charge on any atom is -0.478 e.